The molecule has 8 nitrogen and oxygen atoms in total. The second-order valence-corrected chi connectivity index (χ2v) is 8.77. The number of pyridine rings is 2. The summed E-state index contributed by atoms with van der Waals surface area (Å²) in [4.78, 5) is 29.7. The van der Waals surface area contributed by atoms with Gasteiger partial charge in [0.25, 0.3) is 11.7 Å². The van der Waals surface area contributed by atoms with Crippen LogP contribution in [-0.4, -0.2) is 48.0 Å². The molecule has 3 aromatic rings. The molecule has 1 N–H and O–H groups in total. The number of carbonyl (C=O) groups is 1. The molecule has 34 heavy (non-hydrogen) atoms. The quantitative estimate of drug-likeness (QED) is 0.516. The van der Waals surface area contributed by atoms with Crippen LogP contribution in [0.2, 0.25) is 5.02 Å². The summed E-state index contributed by atoms with van der Waals surface area (Å²) < 4.78 is 5.46. The van der Waals surface area contributed by atoms with Crippen LogP contribution in [0.1, 0.15) is 33.9 Å². The van der Waals surface area contributed by atoms with Crippen molar-refractivity contribution in [3.8, 4) is 5.75 Å². The molecule has 0 radical (unpaired) electrons. The highest BCUT2D eigenvalue weighted by Crippen LogP contribution is 2.37. The molecule has 0 aliphatic carbocycles. The predicted octanol–water partition coefficient (Wildman–Crippen LogP) is 4.82. The third-order valence-corrected chi connectivity index (χ3v) is 6.41. The van der Waals surface area contributed by atoms with Crippen LogP contribution in [0.25, 0.3) is 4.85 Å². The molecule has 0 saturated carbocycles. The van der Waals surface area contributed by atoms with Crippen LogP contribution in [0.5, 0.6) is 5.75 Å². The molecule has 2 aliphatic heterocycles. The van der Waals surface area contributed by atoms with E-state index in [-0.39, 0.29) is 5.91 Å². The lowest BCUT2D eigenvalue weighted by molar-refractivity contribution is 0.0817. The maximum atomic E-state index is 12.9. The van der Waals surface area contributed by atoms with E-state index in [0.29, 0.717) is 52.2 Å². The fourth-order valence-electron chi connectivity index (χ4n) is 4.30. The van der Waals surface area contributed by atoms with Crippen molar-refractivity contribution in [2.45, 2.75) is 19.4 Å². The minimum atomic E-state index is -0.0927. The molecular formula is C25H23ClN6O2. The first-order valence-electron chi connectivity index (χ1n) is 11.0. The van der Waals surface area contributed by atoms with Gasteiger partial charge in [-0.3, -0.25) is 9.78 Å². The number of carbonyl (C=O) groups excluding carboxylic acids is 1. The molecule has 2 aromatic heterocycles. The molecule has 0 bridgehead atoms. The highest BCUT2D eigenvalue weighted by molar-refractivity contribution is 6.32. The zero-order valence-corrected chi connectivity index (χ0v) is 19.7. The topological polar surface area (TPSA) is 75.0 Å². The predicted molar refractivity (Wildman–Crippen MR) is 131 cm³/mol. The van der Waals surface area contributed by atoms with Crippen LogP contribution in [0, 0.1) is 6.57 Å². The number of fused-ring (bicyclic) bond motifs is 1. The van der Waals surface area contributed by atoms with Gasteiger partial charge in [-0.25, -0.2) is 0 Å². The first-order valence-corrected chi connectivity index (χ1v) is 11.4. The second-order valence-electron chi connectivity index (χ2n) is 8.36. The monoisotopic (exact) mass is 474 g/mol. The minimum Gasteiger partial charge on any atom is -0.493 e. The third kappa shape index (κ3) is 3.88. The number of rotatable bonds is 6. The van der Waals surface area contributed by atoms with Gasteiger partial charge in [-0.15, -0.1) is 4.98 Å². The molecule has 5 rings (SSSR count). The average Bonchev–Trinajstić information content (AvgIpc) is 3.07. The minimum absolute atomic E-state index is 0.0927. The largest absolute Gasteiger partial charge is 0.493 e. The number of anilines is 3. The van der Waals surface area contributed by atoms with E-state index in [9.17, 15) is 4.79 Å². The van der Waals surface area contributed by atoms with Crippen molar-refractivity contribution >= 4 is 40.4 Å². The number of aromatic nitrogens is 2. The Hall–Kier alpha value is -3.83. The Balaban J connectivity index is 1.51. The summed E-state index contributed by atoms with van der Waals surface area (Å²) in [5.41, 5.74) is 4.93. The second kappa shape index (κ2) is 8.84. The maximum Gasteiger partial charge on any atom is 0.293 e. The molecule has 0 spiro atoms. The van der Waals surface area contributed by atoms with Gasteiger partial charge in [-0.05, 0) is 36.8 Å². The lowest BCUT2D eigenvalue weighted by Crippen LogP contribution is -2.37. The van der Waals surface area contributed by atoms with E-state index in [4.69, 9.17) is 27.9 Å². The van der Waals surface area contributed by atoms with Crippen molar-refractivity contribution in [3.05, 3.63) is 75.5 Å². The van der Waals surface area contributed by atoms with E-state index in [0.717, 1.165) is 36.6 Å². The number of benzene rings is 1. The van der Waals surface area contributed by atoms with Gasteiger partial charge in [0, 0.05) is 20.1 Å². The molecule has 1 amide bonds. The van der Waals surface area contributed by atoms with Crippen LogP contribution in [0.15, 0.2) is 36.4 Å². The van der Waals surface area contributed by atoms with Gasteiger partial charge in [0.2, 0.25) is 0 Å². The van der Waals surface area contributed by atoms with Gasteiger partial charge >= 0.3 is 0 Å². The van der Waals surface area contributed by atoms with Crippen molar-refractivity contribution in [2.24, 2.45) is 0 Å². The van der Waals surface area contributed by atoms with Gasteiger partial charge in [0.15, 0.2) is 5.75 Å². The van der Waals surface area contributed by atoms with Gasteiger partial charge in [0.05, 0.1) is 59.1 Å². The SMILES string of the molecule is [C-]#[N+]c1nc(Cc2cc(Nc3cccc(Cl)c3OC)c3c(n2)CN(C)C3=O)ccc1N1CCC1. The van der Waals surface area contributed by atoms with Gasteiger partial charge < -0.3 is 24.7 Å². The first-order chi connectivity index (χ1) is 16.5. The molecular weight excluding hydrogens is 452 g/mol. The number of halogens is 1. The summed E-state index contributed by atoms with van der Waals surface area (Å²) in [7, 11) is 3.31. The fraction of sp³-hybridized carbons (Fsp3) is 0.280. The zero-order valence-electron chi connectivity index (χ0n) is 18.9. The van der Waals surface area contributed by atoms with E-state index in [2.05, 4.69) is 20.0 Å². The Labute approximate surface area is 203 Å². The zero-order chi connectivity index (χ0) is 23.8. The van der Waals surface area contributed by atoms with Crippen molar-refractivity contribution in [1.82, 2.24) is 14.9 Å². The Morgan fingerprint density at radius 2 is 2.00 bits per heavy atom. The Morgan fingerprint density at radius 1 is 1.18 bits per heavy atom. The number of amides is 1. The normalized spacial score (nSPS) is 14.5. The number of nitrogens with zero attached hydrogens (tertiary/aromatic N) is 5. The molecule has 0 unspecified atom stereocenters. The number of nitrogens with one attached hydrogen (secondary N) is 1. The van der Waals surface area contributed by atoms with E-state index in [1.54, 1.807) is 25.1 Å². The van der Waals surface area contributed by atoms with Gasteiger partial charge in [-0.1, -0.05) is 24.2 Å². The number of hydrogen-bond donors (Lipinski definition) is 1. The summed E-state index contributed by atoms with van der Waals surface area (Å²) >= 11 is 6.29. The Bertz CT molecular complexity index is 1330. The molecule has 1 fully saturated rings. The van der Waals surface area contributed by atoms with Crippen molar-refractivity contribution in [1.29, 1.82) is 0 Å². The Morgan fingerprint density at radius 3 is 2.71 bits per heavy atom. The molecule has 2 aliphatic rings. The molecule has 4 heterocycles. The summed E-state index contributed by atoms with van der Waals surface area (Å²) in [6, 6.07) is 11.2. The standard InChI is InChI=1S/C25H23ClN6O2/c1-27-24-21(32-10-5-11-32)9-8-15(29-24)12-16-13-19(22-20(28-16)14-31(2)25(22)33)30-18-7-4-6-17(26)23(18)34-3/h4,6-9,13H,5,10-12,14H2,2-3H3,(H,28,30). The van der Waals surface area contributed by atoms with E-state index in [1.807, 2.05) is 30.3 Å². The number of methoxy groups -OCH3 is 1. The van der Waals surface area contributed by atoms with Crippen LogP contribution < -0.4 is 15.0 Å². The van der Waals surface area contributed by atoms with Crippen molar-refractivity contribution in [2.75, 3.05) is 37.5 Å². The van der Waals surface area contributed by atoms with E-state index in [1.165, 1.54) is 0 Å². The summed E-state index contributed by atoms with van der Waals surface area (Å²) in [5.74, 6) is 0.820. The molecule has 9 heteroatoms. The molecule has 0 atom stereocenters. The fourth-order valence-corrected chi connectivity index (χ4v) is 4.55. The van der Waals surface area contributed by atoms with Crippen molar-refractivity contribution < 1.29 is 9.53 Å². The summed E-state index contributed by atoms with van der Waals surface area (Å²) in [5, 5.41) is 3.80. The van der Waals surface area contributed by atoms with Crippen LogP contribution in [0.3, 0.4) is 0 Å². The average molecular weight is 475 g/mol. The van der Waals surface area contributed by atoms with Gasteiger partial charge in [-0.2, -0.15) is 0 Å². The highest BCUT2D eigenvalue weighted by atomic mass is 35.5. The first kappa shape index (κ1) is 22.0. The molecule has 1 saturated heterocycles. The van der Waals surface area contributed by atoms with Crippen LogP contribution in [-0.2, 0) is 13.0 Å². The lowest BCUT2D eigenvalue weighted by Gasteiger charge is -2.33. The number of para-hydroxylation sites is 1. The number of ether oxygens (including phenoxy) is 1. The number of hydrogen-bond acceptors (Lipinski definition) is 6. The third-order valence-electron chi connectivity index (χ3n) is 6.11. The smallest absolute Gasteiger partial charge is 0.293 e. The highest BCUT2D eigenvalue weighted by Gasteiger charge is 2.30. The molecule has 172 valence electrons. The van der Waals surface area contributed by atoms with E-state index >= 15 is 0 Å². The summed E-state index contributed by atoms with van der Waals surface area (Å²) in [6.07, 6.45) is 1.58. The van der Waals surface area contributed by atoms with Crippen molar-refractivity contribution in [3.63, 3.8) is 0 Å². The van der Waals surface area contributed by atoms with Crippen LogP contribution in [0.4, 0.5) is 22.9 Å². The lowest BCUT2D eigenvalue weighted by atomic mass is 10.1. The van der Waals surface area contributed by atoms with Crippen LogP contribution >= 0.6 is 11.6 Å². The summed E-state index contributed by atoms with van der Waals surface area (Å²) in [6.45, 7) is 9.90. The van der Waals surface area contributed by atoms with Gasteiger partial charge in [0.1, 0.15) is 5.69 Å². The maximum absolute atomic E-state index is 12.9. The van der Waals surface area contributed by atoms with E-state index < -0.39 is 0 Å². The Kier molecular flexibility index (Phi) is 5.72. The molecule has 1 aromatic carbocycles.